The number of carbonyl (C=O) groups excluding carboxylic acids is 1. The van der Waals surface area contributed by atoms with Crippen molar-refractivity contribution in [3.8, 4) is 5.75 Å². The van der Waals surface area contributed by atoms with Crippen molar-refractivity contribution in [1.29, 1.82) is 0 Å². The summed E-state index contributed by atoms with van der Waals surface area (Å²) in [6, 6.07) is 4.86. The highest BCUT2D eigenvalue weighted by Gasteiger charge is 2.37. The minimum atomic E-state index is -4.80. The lowest BCUT2D eigenvalue weighted by molar-refractivity contribution is -0.274. The number of alkyl halides is 3. The molecule has 0 aliphatic heterocycles. The highest BCUT2D eigenvalue weighted by Crippen LogP contribution is 2.31. The molecular weight excluding hydrogens is 285 g/mol. The van der Waals surface area contributed by atoms with Crippen molar-refractivity contribution in [2.75, 3.05) is 0 Å². The number of hydrogen-bond donors (Lipinski definition) is 1. The van der Waals surface area contributed by atoms with Crippen molar-refractivity contribution in [1.82, 2.24) is 0 Å². The molecule has 0 unspecified atom stereocenters. The van der Waals surface area contributed by atoms with Gasteiger partial charge in [-0.1, -0.05) is 37.8 Å². The minimum absolute atomic E-state index is 0.0427. The zero-order valence-electron chi connectivity index (χ0n) is 11.4. The number of hydrogen-bond acceptors (Lipinski definition) is 3. The Morgan fingerprint density at radius 2 is 1.76 bits per heavy atom. The molecule has 0 atom stereocenters. The van der Waals surface area contributed by atoms with Gasteiger partial charge in [-0.15, -0.1) is 13.2 Å². The molecule has 1 aliphatic carbocycles. The summed E-state index contributed by atoms with van der Waals surface area (Å²) in [7, 11) is 0. The highest BCUT2D eigenvalue weighted by atomic mass is 19.4. The van der Waals surface area contributed by atoms with Gasteiger partial charge in [0.2, 0.25) is 0 Å². The van der Waals surface area contributed by atoms with Crippen LogP contribution in [0.2, 0.25) is 0 Å². The van der Waals surface area contributed by atoms with E-state index in [0.717, 1.165) is 37.8 Å². The maximum absolute atomic E-state index is 12.4. The predicted octanol–water partition coefficient (Wildman–Crippen LogP) is 3.85. The van der Waals surface area contributed by atoms with Gasteiger partial charge in [-0.3, -0.25) is 4.79 Å². The fourth-order valence-electron chi connectivity index (χ4n) is 2.64. The lowest BCUT2D eigenvalue weighted by Gasteiger charge is -2.25. The van der Waals surface area contributed by atoms with Gasteiger partial charge in [-0.05, 0) is 25.0 Å². The number of Topliss-reactive ketones (excluding diaryl/α,β-unsaturated/α-hetero) is 1. The van der Waals surface area contributed by atoms with Crippen LogP contribution in [0.15, 0.2) is 24.3 Å². The van der Waals surface area contributed by atoms with Gasteiger partial charge in [0.15, 0.2) is 5.78 Å². The number of carbonyl (C=O) groups is 1. The van der Waals surface area contributed by atoms with Gasteiger partial charge < -0.3 is 9.84 Å². The summed E-state index contributed by atoms with van der Waals surface area (Å²) in [6.07, 6.45) is -0.741. The van der Waals surface area contributed by atoms with Crippen molar-refractivity contribution in [2.45, 2.75) is 50.5 Å². The van der Waals surface area contributed by atoms with Crippen molar-refractivity contribution in [3.05, 3.63) is 29.8 Å². The van der Waals surface area contributed by atoms with E-state index in [2.05, 4.69) is 4.74 Å². The maximum atomic E-state index is 12.4. The standard InChI is InChI=1S/C15H17F3O3/c16-15(17,18)21-12-7-5-6-11(10-12)13(19)14(20)8-3-1-2-4-9-14/h5-7,10,20H,1-4,8-9H2. The Labute approximate surface area is 120 Å². The monoisotopic (exact) mass is 302 g/mol. The topological polar surface area (TPSA) is 46.5 Å². The molecule has 1 saturated carbocycles. The van der Waals surface area contributed by atoms with Crippen LogP contribution in [0.4, 0.5) is 13.2 Å². The first-order chi connectivity index (χ1) is 9.80. The minimum Gasteiger partial charge on any atom is -0.406 e. The van der Waals surface area contributed by atoms with E-state index in [1.54, 1.807) is 0 Å². The van der Waals surface area contributed by atoms with Gasteiger partial charge in [0.05, 0.1) is 0 Å². The van der Waals surface area contributed by atoms with Crippen molar-refractivity contribution >= 4 is 5.78 Å². The van der Waals surface area contributed by atoms with Crippen LogP contribution in [0.25, 0.3) is 0 Å². The van der Waals surface area contributed by atoms with Crippen LogP contribution < -0.4 is 4.74 Å². The van der Waals surface area contributed by atoms with E-state index in [1.165, 1.54) is 12.1 Å². The normalized spacial score (nSPS) is 18.9. The van der Waals surface area contributed by atoms with Gasteiger partial charge in [-0.25, -0.2) is 0 Å². The Morgan fingerprint density at radius 1 is 1.14 bits per heavy atom. The SMILES string of the molecule is O=C(c1cccc(OC(F)(F)F)c1)C1(O)CCCCCC1. The number of aliphatic hydroxyl groups is 1. The van der Waals surface area contributed by atoms with Crippen molar-refractivity contribution in [2.24, 2.45) is 0 Å². The van der Waals surface area contributed by atoms with E-state index < -0.39 is 23.5 Å². The Kier molecular flexibility index (Phi) is 4.56. The fraction of sp³-hybridized carbons (Fsp3) is 0.533. The molecule has 0 aromatic heterocycles. The molecule has 1 N–H and O–H groups in total. The largest absolute Gasteiger partial charge is 0.573 e. The van der Waals surface area contributed by atoms with E-state index in [-0.39, 0.29) is 5.56 Å². The third kappa shape index (κ3) is 4.20. The molecule has 0 radical (unpaired) electrons. The molecule has 0 spiro atoms. The second-order valence-corrected chi connectivity index (χ2v) is 5.35. The molecule has 1 aromatic carbocycles. The van der Waals surface area contributed by atoms with Crippen LogP contribution in [0.5, 0.6) is 5.75 Å². The van der Waals surface area contributed by atoms with Crippen LogP contribution in [0.3, 0.4) is 0 Å². The zero-order valence-corrected chi connectivity index (χ0v) is 11.4. The lowest BCUT2D eigenvalue weighted by Crippen LogP contribution is -2.38. The maximum Gasteiger partial charge on any atom is 0.573 e. The summed E-state index contributed by atoms with van der Waals surface area (Å²) in [5, 5.41) is 10.5. The number of halogens is 3. The van der Waals surface area contributed by atoms with E-state index in [0.29, 0.717) is 12.8 Å². The number of benzene rings is 1. The van der Waals surface area contributed by atoms with Crippen molar-refractivity contribution < 1.29 is 27.8 Å². The molecule has 21 heavy (non-hydrogen) atoms. The van der Waals surface area contributed by atoms with Gasteiger partial charge in [-0.2, -0.15) is 0 Å². The molecule has 6 heteroatoms. The second-order valence-electron chi connectivity index (χ2n) is 5.35. The summed E-state index contributed by atoms with van der Waals surface area (Å²) in [5.41, 5.74) is -1.44. The molecule has 2 rings (SSSR count). The van der Waals surface area contributed by atoms with Crippen molar-refractivity contribution in [3.63, 3.8) is 0 Å². The molecule has 116 valence electrons. The molecule has 1 aromatic rings. The predicted molar refractivity (Wildman–Crippen MR) is 70.1 cm³/mol. The molecule has 3 nitrogen and oxygen atoms in total. The third-order valence-electron chi connectivity index (χ3n) is 3.68. The van der Waals surface area contributed by atoms with Gasteiger partial charge in [0.1, 0.15) is 11.4 Å². The van der Waals surface area contributed by atoms with Crippen LogP contribution in [0.1, 0.15) is 48.9 Å². The lowest BCUT2D eigenvalue weighted by atomic mass is 9.86. The Morgan fingerprint density at radius 3 is 2.33 bits per heavy atom. The second kappa shape index (κ2) is 6.05. The molecule has 0 heterocycles. The number of ketones is 1. The van der Waals surface area contributed by atoms with Crippen LogP contribution >= 0.6 is 0 Å². The Hall–Kier alpha value is -1.56. The average Bonchev–Trinajstić information content (AvgIpc) is 2.62. The third-order valence-corrected chi connectivity index (χ3v) is 3.68. The summed E-state index contributed by atoms with van der Waals surface area (Å²) in [4.78, 5) is 12.4. The van der Waals surface area contributed by atoms with E-state index in [1.807, 2.05) is 0 Å². The first-order valence-electron chi connectivity index (χ1n) is 6.93. The smallest absolute Gasteiger partial charge is 0.406 e. The van der Waals surface area contributed by atoms with Gasteiger partial charge >= 0.3 is 6.36 Å². The fourth-order valence-corrected chi connectivity index (χ4v) is 2.64. The molecule has 1 aliphatic rings. The molecule has 0 amide bonds. The summed E-state index contributed by atoms with van der Waals surface area (Å²) >= 11 is 0. The van der Waals surface area contributed by atoms with Crippen LogP contribution in [0, 0.1) is 0 Å². The highest BCUT2D eigenvalue weighted by molar-refractivity contribution is 6.02. The first-order valence-corrected chi connectivity index (χ1v) is 6.93. The molecular formula is C15H17F3O3. The Balaban J connectivity index is 2.20. The Bertz CT molecular complexity index is 503. The van der Waals surface area contributed by atoms with E-state index in [4.69, 9.17) is 0 Å². The van der Waals surface area contributed by atoms with Crippen LogP contribution in [-0.4, -0.2) is 22.9 Å². The summed E-state index contributed by atoms with van der Waals surface area (Å²) in [5.74, 6) is -0.984. The molecule has 1 fully saturated rings. The molecule has 0 bridgehead atoms. The average molecular weight is 302 g/mol. The van der Waals surface area contributed by atoms with Crippen LogP contribution in [-0.2, 0) is 0 Å². The van der Waals surface area contributed by atoms with Gasteiger partial charge in [0, 0.05) is 5.56 Å². The summed E-state index contributed by atoms with van der Waals surface area (Å²) in [6.45, 7) is 0. The number of ether oxygens (including phenoxy) is 1. The summed E-state index contributed by atoms with van der Waals surface area (Å²) < 4.78 is 40.4. The molecule has 0 saturated heterocycles. The quantitative estimate of drug-likeness (QED) is 0.681. The zero-order chi connectivity index (χ0) is 15.5. The van der Waals surface area contributed by atoms with Gasteiger partial charge in [0.25, 0.3) is 0 Å². The first kappa shape index (κ1) is 15.8. The van der Waals surface area contributed by atoms with E-state index in [9.17, 15) is 23.1 Å². The number of rotatable bonds is 3. The van der Waals surface area contributed by atoms with E-state index >= 15 is 0 Å².